The van der Waals surface area contributed by atoms with Crippen molar-refractivity contribution < 1.29 is 0 Å². The van der Waals surface area contributed by atoms with Crippen molar-refractivity contribution in [2.24, 2.45) is 0 Å². The summed E-state index contributed by atoms with van der Waals surface area (Å²) in [5.74, 6) is 4.82. The summed E-state index contributed by atoms with van der Waals surface area (Å²) < 4.78 is 2.58. The van der Waals surface area contributed by atoms with E-state index in [1.165, 1.54) is 72.6 Å². The molecule has 0 saturated heterocycles. The SMILES string of the molecule is C=C1/C=C\C=C(\N(c2ccc(-c3ccccc3)cc2)p2ccc(C)c2)Cc2c1ccc1c2-c2ccccc2C1(c1ccccc1)c1ccccc1. The molecule has 0 bridgehead atoms. The van der Waals surface area contributed by atoms with Gasteiger partial charge in [-0.25, -0.2) is 0 Å². The van der Waals surface area contributed by atoms with Crippen LogP contribution in [0, 0.1) is 6.92 Å². The van der Waals surface area contributed by atoms with Crippen molar-refractivity contribution in [2.75, 3.05) is 4.67 Å². The standard InChI is InChI=1S/C49H38NP/c1-35-31-32-51(34-35)50(41-27-25-38(26-28-41)37-16-6-3-7-17-37)42-22-14-15-36(2)43-29-30-47-48(45(43)33-42)44-23-12-13-24-46(44)49(47,39-18-8-4-9-19-39)40-20-10-5-11-21-40/h3-32,34H,2,33H2,1H3/b15-14-,42-22+. The van der Waals surface area contributed by atoms with E-state index in [2.05, 4.69) is 206 Å². The van der Waals surface area contributed by atoms with Gasteiger partial charge in [0.2, 0.25) is 0 Å². The van der Waals surface area contributed by atoms with Gasteiger partial charge in [-0.15, -0.1) is 0 Å². The van der Waals surface area contributed by atoms with Gasteiger partial charge in [0.05, 0.1) is 5.41 Å². The minimum atomic E-state index is -0.715. The van der Waals surface area contributed by atoms with Crippen molar-refractivity contribution in [3.63, 3.8) is 0 Å². The quantitative estimate of drug-likeness (QED) is 0.170. The second kappa shape index (κ2) is 12.8. The van der Waals surface area contributed by atoms with Crippen LogP contribution in [0.5, 0.6) is 0 Å². The molecule has 7 aromatic rings. The number of benzene rings is 6. The molecule has 1 nitrogen and oxygen atoms in total. The lowest BCUT2D eigenvalue weighted by atomic mass is 9.67. The number of hydrogen-bond acceptors (Lipinski definition) is 1. The molecule has 0 radical (unpaired) electrons. The van der Waals surface area contributed by atoms with Gasteiger partial charge < -0.3 is 4.67 Å². The average Bonchev–Trinajstić information content (AvgIpc) is 3.74. The number of aryl methyl sites for hydroxylation is 1. The van der Waals surface area contributed by atoms with Crippen LogP contribution in [0.3, 0.4) is 0 Å². The Hall–Kier alpha value is -5.88. The van der Waals surface area contributed by atoms with Crippen LogP contribution < -0.4 is 4.67 Å². The highest BCUT2D eigenvalue weighted by atomic mass is 31.1. The Bertz CT molecular complexity index is 2410. The zero-order chi connectivity index (χ0) is 34.4. The average molecular weight is 672 g/mol. The lowest BCUT2D eigenvalue weighted by Crippen LogP contribution is -2.28. The summed E-state index contributed by atoms with van der Waals surface area (Å²) in [6.07, 6.45) is 7.47. The van der Waals surface area contributed by atoms with Gasteiger partial charge in [0.25, 0.3) is 0 Å². The number of allylic oxidation sites excluding steroid dienone is 5. The molecule has 1 heterocycles. The van der Waals surface area contributed by atoms with Crippen LogP contribution in [0.25, 0.3) is 27.8 Å². The van der Waals surface area contributed by atoms with Crippen molar-refractivity contribution in [2.45, 2.75) is 18.8 Å². The molecule has 0 amide bonds. The van der Waals surface area contributed by atoms with Crippen LogP contribution in [0.1, 0.15) is 38.9 Å². The molecule has 0 N–H and O–H groups in total. The van der Waals surface area contributed by atoms with Gasteiger partial charge in [0, 0.05) is 17.8 Å². The largest absolute Gasteiger partial charge is 0.301 e. The maximum Gasteiger partial charge on any atom is 0.0713 e. The molecule has 0 spiro atoms. The molecule has 51 heavy (non-hydrogen) atoms. The minimum absolute atomic E-state index is 0.446. The number of hydrogen-bond donors (Lipinski definition) is 0. The summed E-state index contributed by atoms with van der Waals surface area (Å²) in [6.45, 7) is 6.81. The van der Waals surface area contributed by atoms with Gasteiger partial charge in [-0.1, -0.05) is 164 Å². The predicted octanol–water partition coefficient (Wildman–Crippen LogP) is 13.0. The van der Waals surface area contributed by atoms with E-state index in [1.54, 1.807) is 0 Å². The Morgan fingerprint density at radius 1 is 0.608 bits per heavy atom. The van der Waals surface area contributed by atoms with Crippen molar-refractivity contribution in [3.8, 4) is 22.3 Å². The fraction of sp³-hybridized carbons (Fsp3) is 0.0612. The Morgan fingerprint density at radius 2 is 1.24 bits per heavy atom. The summed E-state index contributed by atoms with van der Waals surface area (Å²) in [6, 6.07) is 58.0. The molecule has 9 rings (SSSR count). The van der Waals surface area contributed by atoms with Crippen LogP contribution in [0.15, 0.2) is 200 Å². The highest BCUT2D eigenvalue weighted by Gasteiger charge is 2.47. The fourth-order valence-corrected chi connectivity index (χ4v) is 10.4. The van der Waals surface area contributed by atoms with Crippen LogP contribution in [-0.4, -0.2) is 0 Å². The van der Waals surface area contributed by atoms with Gasteiger partial charge in [-0.05, 0) is 111 Å². The maximum atomic E-state index is 4.60. The van der Waals surface area contributed by atoms with Crippen LogP contribution in [0.2, 0.25) is 0 Å². The first-order valence-corrected chi connectivity index (χ1v) is 19.1. The molecule has 1 aromatic heterocycles. The topological polar surface area (TPSA) is 3.24 Å². The zero-order valence-corrected chi connectivity index (χ0v) is 29.6. The summed E-state index contributed by atoms with van der Waals surface area (Å²) in [5, 5.41) is 0. The highest BCUT2D eigenvalue weighted by Crippen LogP contribution is 2.58. The molecule has 2 heteroatoms. The zero-order valence-electron chi connectivity index (χ0n) is 28.7. The Balaban J connectivity index is 1.26. The monoisotopic (exact) mass is 671 g/mol. The molecule has 0 aliphatic heterocycles. The molecule has 0 fully saturated rings. The third-order valence-electron chi connectivity index (χ3n) is 10.6. The van der Waals surface area contributed by atoms with Crippen molar-refractivity contribution in [3.05, 3.63) is 239 Å². The van der Waals surface area contributed by atoms with E-state index < -0.39 is 13.1 Å². The first kappa shape index (κ1) is 31.1. The minimum Gasteiger partial charge on any atom is -0.301 e. The number of anilines is 1. The van der Waals surface area contributed by atoms with E-state index in [0.717, 1.165) is 12.0 Å². The van der Waals surface area contributed by atoms with Gasteiger partial charge in [0.15, 0.2) is 0 Å². The van der Waals surface area contributed by atoms with Gasteiger partial charge >= 0.3 is 0 Å². The Kier molecular flexibility index (Phi) is 7.80. The van der Waals surface area contributed by atoms with Gasteiger partial charge in [0.1, 0.15) is 0 Å². The van der Waals surface area contributed by atoms with E-state index in [0.29, 0.717) is 0 Å². The third kappa shape index (κ3) is 5.16. The molecule has 1 unspecified atom stereocenters. The van der Waals surface area contributed by atoms with Crippen molar-refractivity contribution >= 4 is 18.9 Å². The summed E-state index contributed by atoms with van der Waals surface area (Å²) in [4.78, 5) is 0. The van der Waals surface area contributed by atoms with E-state index in [-0.39, 0.29) is 0 Å². The second-order valence-corrected chi connectivity index (χ2v) is 15.3. The Labute approximate surface area is 302 Å². The van der Waals surface area contributed by atoms with Crippen LogP contribution >= 0.6 is 7.68 Å². The summed E-state index contributed by atoms with van der Waals surface area (Å²) in [5.41, 5.74) is 17.2. The van der Waals surface area contributed by atoms with Crippen LogP contribution in [0.4, 0.5) is 5.69 Å². The van der Waals surface area contributed by atoms with E-state index >= 15 is 0 Å². The fourth-order valence-electron chi connectivity index (χ4n) is 8.33. The molecule has 2 aliphatic carbocycles. The van der Waals surface area contributed by atoms with E-state index in [4.69, 9.17) is 0 Å². The number of nitrogens with zero attached hydrogens (tertiary/aromatic N) is 1. The number of rotatable bonds is 6. The molecule has 2 aliphatic rings. The smallest absolute Gasteiger partial charge is 0.0713 e. The Morgan fingerprint density at radius 3 is 1.90 bits per heavy atom. The first-order chi connectivity index (χ1) is 25.1. The first-order valence-electron chi connectivity index (χ1n) is 17.7. The molecule has 244 valence electrons. The summed E-state index contributed by atoms with van der Waals surface area (Å²) in [7, 11) is -0.715. The van der Waals surface area contributed by atoms with Crippen molar-refractivity contribution in [1.82, 2.24) is 0 Å². The van der Waals surface area contributed by atoms with E-state index in [9.17, 15) is 0 Å². The highest BCUT2D eigenvalue weighted by molar-refractivity contribution is 7.50. The molecular weight excluding hydrogens is 634 g/mol. The lowest BCUT2D eigenvalue weighted by molar-refractivity contribution is 0.767. The molecule has 0 saturated carbocycles. The van der Waals surface area contributed by atoms with E-state index in [1.807, 2.05) is 0 Å². The van der Waals surface area contributed by atoms with Crippen LogP contribution in [-0.2, 0) is 11.8 Å². The second-order valence-electron chi connectivity index (χ2n) is 13.6. The summed E-state index contributed by atoms with van der Waals surface area (Å²) >= 11 is 0. The third-order valence-corrected chi connectivity index (χ3v) is 12.6. The molecule has 1 atom stereocenters. The van der Waals surface area contributed by atoms with Gasteiger partial charge in [-0.2, -0.15) is 0 Å². The molecule has 6 aromatic carbocycles. The lowest BCUT2D eigenvalue weighted by Gasteiger charge is -2.34. The molecular formula is C49H38NP. The number of fused-ring (bicyclic) bond motifs is 5. The normalized spacial score (nSPS) is 16.1. The predicted molar refractivity (Wildman–Crippen MR) is 217 cm³/mol. The van der Waals surface area contributed by atoms with Gasteiger partial charge in [-0.3, -0.25) is 0 Å². The van der Waals surface area contributed by atoms with Crippen molar-refractivity contribution in [1.29, 1.82) is 0 Å². The maximum absolute atomic E-state index is 4.60.